The highest BCUT2D eigenvalue weighted by molar-refractivity contribution is 8.18. The van der Waals surface area contributed by atoms with Crippen LogP contribution in [0, 0.1) is 0 Å². The van der Waals surface area contributed by atoms with E-state index in [4.69, 9.17) is 44.3 Å². The predicted molar refractivity (Wildman–Crippen MR) is 141 cm³/mol. The van der Waals surface area contributed by atoms with Crippen LogP contribution in [0.4, 0.5) is 5.69 Å². The molecule has 0 aromatic heterocycles. The lowest BCUT2D eigenvalue weighted by Gasteiger charge is -2.13. The van der Waals surface area contributed by atoms with E-state index in [1.165, 1.54) is 11.8 Å². The van der Waals surface area contributed by atoms with Crippen LogP contribution in [0.5, 0.6) is 11.5 Å². The van der Waals surface area contributed by atoms with Crippen molar-refractivity contribution in [2.75, 3.05) is 6.61 Å². The first kappa shape index (κ1) is 24.5. The summed E-state index contributed by atoms with van der Waals surface area (Å²) in [6, 6.07) is 18.1. The van der Waals surface area contributed by atoms with E-state index in [0.717, 1.165) is 11.1 Å². The molecule has 1 amide bonds. The number of halogens is 3. The summed E-state index contributed by atoms with van der Waals surface area (Å²) in [5, 5.41) is 4.58. The van der Waals surface area contributed by atoms with Gasteiger partial charge in [0.2, 0.25) is 0 Å². The Morgan fingerprint density at radius 3 is 2.56 bits per heavy atom. The van der Waals surface area contributed by atoms with Crippen LogP contribution in [0.2, 0.25) is 15.1 Å². The number of rotatable bonds is 7. The number of carbonyl (C=O) groups excluding carboxylic acids is 1. The van der Waals surface area contributed by atoms with E-state index >= 15 is 0 Å². The van der Waals surface area contributed by atoms with Gasteiger partial charge in [-0.2, -0.15) is 0 Å². The van der Waals surface area contributed by atoms with E-state index in [0.29, 0.717) is 55.5 Å². The lowest BCUT2D eigenvalue weighted by molar-refractivity contribution is -0.115. The summed E-state index contributed by atoms with van der Waals surface area (Å²) >= 11 is 19.4. The molecule has 0 aliphatic carbocycles. The molecule has 5 nitrogen and oxygen atoms in total. The SMILES string of the molecule is CCOc1cc(/C=C2/SC(=Nc3cccc(Cl)c3Cl)NC2=O)ccc1OCc1ccc(Cl)cc1. The van der Waals surface area contributed by atoms with Crippen LogP contribution in [-0.2, 0) is 11.4 Å². The molecule has 0 radical (unpaired) electrons. The summed E-state index contributed by atoms with van der Waals surface area (Å²) in [6.45, 7) is 2.75. The van der Waals surface area contributed by atoms with Crippen molar-refractivity contribution in [1.82, 2.24) is 5.32 Å². The van der Waals surface area contributed by atoms with E-state index in [1.54, 1.807) is 24.3 Å². The van der Waals surface area contributed by atoms with Crippen LogP contribution in [0.15, 0.2) is 70.6 Å². The zero-order valence-corrected chi connectivity index (χ0v) is 21.1. The second-order valence-corrected chi connectivity index (χ2v) is 9.36. The Kier molecular flexibility index (Phi) is 8.06. The van der Waals surface area contributed by atoms with Crippen molar-refractivity contribution in [2.45, 2.75) is 13.5 Å². The summed E-state index contributed by atoms with van der Waals surface area (Å²) in [4.78, 5) is 17.4. The number of nitrogens with one attached hydrogen (secondary N) is 1. The van der Waals surface area contributed by atoms with E-state index in [1.807, 2.05) is 49.4 Å². The second kappa shape index (κ2) is 11.2. The number of thioether (sulfide) groups is 1. The molecular formula is C25H19Cl3N2O3S. The maximum atomic E-state index is 12.5. The van der Waals surface area contributed by atoms with E-state index in [-0.39, 0.29) is 5.91 Å². The van der Waals surface area contributed by atoms with Gasteiger partial charge >= 0.3 is 0 Å². The third-order valence-electron chi connectivity index (χ3n) is 4.68. The summed E-state index contributed by atoms with van der Waals surface area (Å²) in [6.07, 6.45) is 1.77. The largest absolute Gasteiger partial charge is 0.490 e. The Labute approximate surface area is 216 Å². The van der Waals surface area contributed by atoms with Crippen molar-refractivity contribution >= 4 is 69.4 Å². The average Bonchev–Trinajstić information content (AvgIpc) is 3.16. The molecule has 34 heavy (non-hydrogen) atoms. The number of amides is 1. The molecule has 0 saturated carbocycles. The molecule has 3 aromatic rings. The minimum atomic E-state index is -0.247. The van der Waals surface area contributed by atoms with Gasteiger partial charge < -0.3 is 14.8 Å². The van der Waals surface area contributed by atoms with Gasteiger partial charge in [0.1, 0.15) is 6.61 Å². The van der Waals surface area contributed by atoms with E-state index < -0.39 is 0 Å². The number of nitrogens with zero attached hydrogens (tertiary/aromatic N) is 1. The van der Waals surface area contributed by atoms with Crippen molar-refractivity contribution in [3.8, 4) is 11.5 Å². The van der Waals surface area contributed by atoms with Gasteiger partial charge in [0, 0.05) is 5.02 Å². The molecule has 0 bridgehead atoms. The van der Waals surface area contributed by atoms with Crippen molar-refractivity contribution in [3.05, 3.63) is 91.8 Å². The Morgan fingerprint density at radius 1 is 1.00 bits per heavy atom. The van der Waals surface area contributed by atoms with E-state index in [2.05, 4.69) is 10.3 Å². The van der Waals surface area contributed by atoms with Gasteiger partial charge in [-0.15, -0.1) is 0 Å². The molecule has 3 aromatic carbocycles. The second-order valence-electron chi connectivity index (χ2n) is 7.11. The number of benzene rings is 3. The minimum Gasteiger partial charge on any atom is -0.490 e. The van der Waals surface area contributed by atoms with Crippen LogP contribution < -0.4 is 14.8 Å². The quantitative estimate of drug-likeness (QED) is 0.319. The lowest BCUT2D eigenvalue weighted by Crippen LogP contribution is -2.19. The van der Waals surface area contributed by atoms with Crippen LogP contribution >= 0.6 is 46.6 Å². The Morgan fingerprint density at radius 2 is 1.79 bits per heavy atom. The zero-order chi connectivity index (χ0) is 24.1. The lowest BCUT2D eigenvalue weighted by atomic mass is 10.2. The molecule has 1 N–H and O–H groups in total. The van der Waals surface area contributed by atoms with Gasteiger partial charge in [-0.25, -0.2) is 4.99 Å². The van der Waals surface area contributed by atoms with Gasteiger partial charge in [0.25, 0.3) is 5.91 Å². The molecule has 1 aliphatic heterocycles. The summed E-state index contributed by atoms with van der Waals surface area (Å²) in [7, 11) is 0. The molecule has 1 heterocycles. The fourth-order valence-corrected chi connectivity index (χ4v) is 4.36. The molecule has 1 saturated heterocycles. The van der Waals surface area contributed by atoms with Crippen molar-refractivity contribution < 1.29 is 14.3 Å². The van der Waals surface area contributed by atoms with Crippen molar-refractivity contribution in [2.24, 2.45) is 4.99 Å². The Bertz CT molecular complexity index is 1280. The summed E-state index contributed by atoms with van der Waals surface area (Å²) in [5.41, 5.74) is 2.27. The first-order valence-corrected chi connectivity index (χ1v) is 12.3. The van der Waals surface area contributed by atoms with Gasteiger partial charge in [0.15, 0.2) is 16.7 Å². The molecule has 1 fully saturated rings. The third kappa shape index (κ3) is 6.07. The number of hydrogen-bond donors (Lipinski definition) is 1. The average molecular weight is 534 g/mol. The maximum absolute atomic E-state index is 12.5. The minimum absolute atomic E-state index is 0.247. The zero-order valence-electron chi connectivity index (χ0n) is 18.0. The molecule has 0 spiro atoms. The smallest absolute Gasteiger partial charge is 0.264 e. The molecular weight excluding hydrogens is 515 g/mol. The molecule has 9 heteroatoms. The van der Waals surface area contributed by atoms with Crippen LogP contribution in [0.3, 0.4) is 0 Å². The van der Waals surface area contributed by atoms with E-state index in [9.17, 15) is 4.79 Å². The summed E-state index contributed by atoms with van der Waals surface area (Å²) in [5.74, 6) is 0.956. The monoisotopic (exact) mass is 532 g/mol. The van der Waals surface area contributed by atoms with Gasteiger partial charge in [-0.05, 0) is 72.3 Å². The highest BCUT2D eigenvalue weighted by Crippen LogP contribution is 2.35. The Hall–Kier alpha value is -2.64. The molecule has 4 rings (SSSR count). The van der Waals surface area contributed by atoms with Gasteiger partial charge in [-0.3, -0.25) is 4.79 Å². The molecule has 1 aliphatic rings. The number of aliphatic imine (C=N–C) groups is 1. The number of ether oxygens (including phenoxy) is 2. The van der Waals surface area contributed by atoms with Crippen LogP contribution in [0.1, 0.15) is 18.1 Å². The number of hydrogen-bond acceptors (Lipinski definition) is 5. The third-order valence-corrected chi connectivity index (χ3v) is 6.65. The topological polar surface area (TPSA) is 59.9 Å². The first-order chi connectivity index (χ1) is 16.4. The fourth-order valence-electron chi connectivity index (χ4n) is 3.06. The summed E-state index contributed by atoms with van der Waals surface area (Å²) < 4.78 is 11.7. The molecule has 0 atom stereocenters. The number of carbonyl (C=O) groups is 1. The highest BCUT2D eigenvalue weighted by Gasteiger charge is 2.24. The van der Waals surface area contributed by atoms with Crippen LogP contribution in [0.25, 0.3) is 6.08 Å². The predicted octanol–water partition coefficient (Wildman–Crippen LogP) is 7.52. The van der Waals surface area contributed by atoms with Gasteiger partial charge in [-0.1, -0.05) is 59.1 Å². The first-order valence-electron chi connectivity index (χ1n) is 10.3. The van der Waals surface area contributed by atoms with Crippen LogP contribution in [-0.4, -0.2) is 17.7 Å². The van der Waals surface area contributed by atoms with Crippen molar-refractivity contribution in [3.63, 3.8) is 0 Å². The van der Waals surface area contributed by atoms with Crippen molar-refractivity contribution in [1.29, 1.82) is 0 Å². The molecule has 174 valence electrons. The fraction of sp³-hybridized carbons (Fsp3) is 0.120. The standard InChI is InChI=1S/C25H19Cl3N2O3S/c1-2-32-21-12-16(8-11-20(21)33-14-15-6-9-17(26)10-7-15)13-22-24(31)30-25(34-22)29-19-5-3-4-18(27)23(19)28/h3-13H,2,14H2,1H3,(H,29,30,31)/b22-13+. The normalized spacial score (nSPS) is 15.6. The number of amidine groups is 1. The highest BCUT2D eigenvalue weighted by atomic mass is 35.5. The Balaban J connectivity index is 1.52. The van der Waals surface area contributed by atoms with Gasteiger partial charge in [0.05, 0.1) is 27.2 Å². The molecule has 0 unspecified atom stereocenters. The maximum Gasteiger partial charge on any atom is 0.264 e.